The summed E-state index contributed by atoms with van der Waals surface area (Å²) in [5.41, 5.74) is 2.95. The molecule has 1 aromatic rings. The number of aryl methyl sites for hydroxylation is 2. The lowest BCUT2D eigenvalue weighted by Gasteiger charge is -2.17. The van der Waals surface area contributed by atoms with E-state index in [0.29, 0.717) is 11.8 Å². The fourth-order valence-electron chi connectivity index (χ4n) is 2.49. The number of rotatable bonds is 2. The Balaban J connectivity index is 2.10. The summed E-state index contributed by atoms with van der Waals surface area (Å²) < 4.78 is 0. The molecular weight excluding hydrogens is 210 g/mol. The molecule has 0 bridgehead atoms. The summed E-state index contributed by atoms with van der Waals surface area (Å²) in [5.74, 6) is 0.403. The van der Waals surface area contributed by atoms with Crippen LogP contribution in [0.2, 0.25) is 0 Å². The van der Waals surface area contributed by atoms with Crippen molar-refractivity contribution in [1.29, 1.82) is 0 Å². The van der Waals surface area contributed by atoms with Crippen LogP contribution in [-0.4, -0.2) is 17.4 Å². The summed E-state index contributed by atoms with van der Waals surface area (Å²) in [6, 6.07) is 4.50. The van der Waals surface area contributed by atoms with Gasteiger partial charge in [0.25, 0.3) is 0 Å². The molecule has 0 atom stereocenters. The standard InChI is InChI=1S/C15H21NO/c1-11-8-13(9-12(2)15(11)17)10-16-14-6-4-3-5-7-14/h8-10,14,17H,3-7H2,1-2H3. The van der Waals surface area contributed by atoms with Crippen LogP contribution in [0.3, 0.4) is 0 Å². The van der Waals surface area contributed by atoms with E-state index < -0.39 is 0 Å². The van der Waals surface area contributed by atoms with Gasteiger partial charge in [0.1, 0.15) is 5.75 Å². The zero-order chi connectivity index (χ0) is 12.3. The molecule has 0 spiro atoms. The van der Waals surface area contributed by atoms with Gasteiger partial charge in [-0.2, -0.15) is 0 Å². The number of hydrogen-bond donors (Lipinski definition) is 1. The fourth-order valence-corrected chi connectivity index (χ4v) is 2.49. The minimum absolute atomic E-state index is 0.403. The van der Waals surface area contributed by atoms with Gasteiger partial charge in [0, 0.05) is 12.3 Å². The molecule has 0 aliphatic heterocycles. The largest absolute Gasteiger partial charge is 0.507 e. The number of aromatic hydroxyl groups is 1. The monoisotopic (exact) mass is 231 g/mol. The topological polar surface area (TPSA) is 32.6 Å². The van der Waals surface area contributed by atoms with Crippen molar-refractivity contribution in [2.75, 3.05) is 0 Å². The molecule has 92 valence electrons. The molecule has 17 heavy (non-hydrogen) atoms. The molecule has 0 unspecified atom stereocenters. The van der Waals surface area contributed by atoms with E-state index in [2.05, 4.69) is 4.99 Å². The van der Waals surface area contributed by atoms with E-state index in [4.69, 9.17) is 0 Å². The lowest BCUT2D eigenvalue weighted by Crippen LogP contribution is -2.09. The second-order valence-corrected chi connectivity index (χ2v) is 5.07. The minimum Gasteiger partial charge on any atom is -0.507 e. The minimum atomic E-state index is 0.403. The van der Waals surface area contributed by atoms with E-state index in [1.54, 1.807) is 0 Å². The van der Waals surface area contributed by atoms with Gasteiger partial charge in [0.05, 0.1) is 0 Å². The maximum Gasteiger partial charge on any atom is 0.121 e. The molecule has 0 saturated heterocycles. The lowest BCUT2D eigenvalue weighted by atomic mass is 9.96. The number of nitrogens with zero attached hydrogens (tertiary/aromatic N) is 1. The first-order chi connectivity index (χ1) is 8.16. The van der Waals surface area contributed by atoms with Crippen LogP contribution in [0.4, 0.5) is 0 Å². The number of hydrogen-bond acceptors (Lipinski definition) is 2. The van der Waals surface area contributed by atoms with Gasteiger partial charge in [0.15, 0.2) is 0 Å². The zero-order valence-electron chi connectivity index (χ0n) is 10.7. The summed E-state index contributed by atoms with van der Waals surface area (Å²) in [5, 5.41) is 9.70. The van der Waals surface area contributed by atoms with Gasteiger partial charge >= 0.3 is 0 Å². The molecule has 1 aromatic carbocycles. The molecule has 0 heterocycles. The molecular formula is C15H21NO. The molecule has 2 heteroatoms. The Morgan fingerprint density at radius 1 is 1.12 bits per heavy atom. The number of benzene rings is 1. The summed E-state index contributed by atoms with van der Waals surface area (Å²) in [7, 11) is 0. The van der Waals surface area contributed by atoms with Crippen molar-refractivity contribution < 1.29 is 5.11 Å². The van der Waals surface area contributed by atoms with Crippen molar-refractivity contribution in [2.45, 2.75) is 52.0 Å². The van der Waals surface area contributed by atoms with Crippen molar-refractivity contribution in [2.24, 2.45) is 4.99 Å². The highest BCUT2D eigenvalue weighted by Gasteiger charge is 2.10. The molecule has 1 aliphatic carbocycles. The Kier molecular flexibility index (Phi) is 3.82. The smallest absolute Gasteiger partial charge is 0.121 e. The summed E-state index contributed by atoms with van der Waals surface area (Å²) in [6.07, 6.45) is 8.42. The second-order valence-electron chi connectivity index (χ2n) is 5.07. The Bertz CT molecular complexity index is 394. The highest BCUT2D eigenvalue weighted by Crippen LogP contribution is 2.23. The van der Waals surface area contributed by atoms with Crippen molar-refractivity contribution in [1.82, 2.24) is 0 Å². The van der Waals surface area contributed by atoms with Crippen LogP contribution >= 0.6 is 0 Å². The van der Waals surface area contributed by atoms with E-state index in [0.717, 1.165) is 16.7 Å². The highest BCUT2D eigenvalue weighted by atomic mass is 16.3. The average molecular weight is 231 g/mol. The third-order valence-corrected chi connectivity index (χ3v) is 3.52. The van der Waals surface area contributed by atoms with Crippen molar-refractivity contribution in [3.05, 3.63) is 28.8 Å². The van der Waals surface area contributed by atoms with Crippen LogP contribution in [-0.2, 0) is 0 Å². The number of aliphatic imine (C=N–C) groups is 1. The van der Waals surface area contributed by atoms with Gasteiger partial charge in [-0.3, -0.25) is 4.99 Å². The van der Waals surface area contributed by atoms with E-state index in [9.17, 15) is 5.11 Å². The van der Waals surface area contributed by atoms with Crippen LogP contribution in [0.15, 0.2) is 17.1 Å². The maximum absolute atomic E-state index is 9.70. The van der Waals surface area contributed by atoms with Crippen LogP contribution in [0.1, 0.15) is 48.8 Å². The van der Waals surface area contributed by atoms with Crippen LogP contribution in [0.25, 0.3) is 0 Å². The van der Waals surface area contributed by atoms with E-state index in [1.807, 2.05) is 32.2 Å². The third-order valence-electron chi connectivity index (χ3n) is 3.52. The predicted molar refractivity (Wildman–Crippen MR) is 72.0 cm³/mol. The summed E-state index contributed by atoms with van der Waals surface area (Å²) >= 11 is 0. The van der Waals surface area contributed by atoms with Crippen LogP contribution in [0, 0.1) is 13.8 Å². The van der Waals surface area contributed by atoms with Crippen molar-refractivity contribution in [3.8, 4) is 5.75 Å². The quantitative estimate of drug-likeness (QED) is 0.772. The van der Waals surface area contributed by atoms with Gasteiger partial charge in [0.2, 0.25) is 0 Å². The van der Waals surface area contributed by atoms with Gasteiger partial charge in [-0.15, -0.1) is 0 Å². The SMILES string of the molecule is Cc1cc(C=NC2CCCCC2)cc(C)c1O. The van der Waals surface area contributed by atoms with Gasteiger partial charge < -0.3 is 5.11 Å². The molecule has 2 rings (SSSR count). The summed E-state index contributed by atoms with van der Waals surface area (Å²) in [6.45, 7) is 3.86. The molecule has 1 fully saturated rings. The van der Waals surface area contributed by atoms with E-state index >= 15 is 0 Å². The summed E-state index contributed by atoms with van der Waals surface area (Å²) in [4.78, 5) is 4.66. The van der Waals surface area contributed by atoms with Gasteiger partial charge in [-0.25, -0.2) is 0 Å². The zero-order valence-corrected chi connectivity index (χ0v) is 10.7. The Hall–Kier alpha value is -1.31. The highest BCUT2D eigenvalue weighted by molar-refractivity contribution is 5.81. The molecule has 2 nitrogen and oxygen atoms in total. The molecule has 0 radical (unpaired) electrons. The predicted octanol–water partition coefficient (Wildman–Crippen LogP) is 3.76. The third kappa shape index (κ3) is 3.09. The first-order valence-corrected chi connectivity index (χ1v) is 6.50. The molecule has 0 amide bonds. The van der Waals surface area contributed by atoms with E-state index in [1.165, 1.54) is 32.1 Å². The maximum atomic E-state index is 9.70. The fraction of sp³-hybridized carbons (Fsp3) is 0.533. The molecule has 1 aliphatic rings. The van der Waals surface area contributed by atoms with Crippen molar-refractivity contribution >= 4 is 6.21 Å². The van der Waals surface area contributed by atoms with E-state index in [-0.39, 0.29) is 0 Å². The van der Waals surface area contributed by atoms with Crippen molar-refractivity contribution in [3.63, 3.8) is 0 Å². The normalized spacial score (nSPS) is 17.8. The number of phenolic OH excluding ortho intramolecular Hbond substituents is 1. The van der Waals surface area contributed by atoms with Crippen LogP contribution < -0.4 is 0 Å². The Labute approximate surface area is 103 Å². The Morgan fingerprint density at radius 2 is 1.71 bits per heavy atom. The first kappa shape index (κ1) is 12.2. The van der Waals surface area contributed by atoms with Gasteiger partial charge in [-0.1, -0.05) is 19.3 Å². The molecule has 1 saturated carbocycles. The molecule has 0 aromatic heterocycles. The lowest BCUT2D eigenvalue weighted by molar-refractivity contribution is 0.444. The molecule has 1 N–H and O–H groups in total. The number of phenols is 1. The average Bonchev–Trinajstić information content (AvgIpc) is 2.34. The second kappa shape index (κ2) is 5.35. The van der Waals surface area contributed by atoms with Gasteiger partial charge in [-0.05, 0) is 55.5 Å². The van der Waals surface area contributed by atoms with Crippen LogP contribution in [0.5, 0.6) is 5.75 Å². The first-order valence-electron chi connectivity index (χ1n) is 6.50. The Morgan fingerprint density at radius 3 is 2.29 bits per heavy atom.